The number of anilines is 2. The summed E-state index contributed by atoms with van der Waals surface area (Å²) in [5, 5.41) is 0. The van der Waals surface area contributed by atoms with E-state index in [0.717, 1.165) is 24.2 Å². The van der Waals surface area contributed by atoms with Gasteiger partial charge in [0.1, 0.15) is 0 Å². The molecule has 0 saturated carbocycles. The second kappa shape index (κ2) is 31.3. The molecule has 0 fully saturated rings. The topological polar surface area (TPSA) is 52.0 Å². The van der Waals surface area contributed by atoms with Crippen LogP contribution in [-0.2, 0) is 12.8 Å². The van der Waals surface area contributed by atoms with Crippen molar-refractivity contribution in [2.24, 2.45) is 5.92 Å². The lowest BCUT2D eigenvalue weighted by atomic mass is 9.83. The molecule has 2 unspecified atom stereocenters. The van der Waals surface area contributed by atoms with Gasteiger partial charge in [-0.15, -0.1) is 0 Å². The van der Waals surface area contributed by atoms with E-state index in [-0.39, 0.29) is 0 Å². The third-order valence-corrected chi connectivity index (χ3v) is 13.6. The predicted molar refractivity (Wildman–Crippen MR) is 271 cm³/mol. The molecule has 0 amide bonds. The van der Waals surface area contributed by atoms with Crippen molar-refractivity contribution in [2.45, 2.75) is 219 Å². The number of hydrogen-bond acceptors (Lipinski definition) is 2. The molecular formula is C59H90N2. The largest absolute Gasteiger partial charge is 0.399 e. The van der Waals surface area contributed by atoms with Crippen molar-refractivity contribution in [2.75, 3.05) is 11.5 Å². The SMILES string of the molecule is CCCCCCCCCCCCC(c1ccc(N)cc1)c1ccc(CC(CCCCCC)Cc2ccc(C(CCCCCCCCCCCC)c3ccc(N)cc3)cc2)cc1. The summed E-state index contributed by atoms with van der Waals surface area (Å²) in [6.45, 7) is 6.93. The van der Waals surface area contributed by atoms with Crippen molar-refractivity contribution in [3.63, 3.8) is 0 Å². The van der Waals surface area contributed by atoms with E-state index in [0.29, 0.717) is 17.8 Å². The zero-order chi connectivity index (χ0) is 43.2. The highest BCUT2D eigenvalue weighted by Crippen LogP contribution is 2.34. The summed E-state index contributed by atoms with van der Waals surface area (Å²) in [6.07, 6.45) is 38.8. The van der Waals surface area contributed by atoms with Crippen molar-refractivity contribution in [3.05, 3.63) is 130 Å². The molecule has 0 radical (unpaired) electrons. The van der Waals surface area contributed by atoms with E-state index in [1.54, 1.807) is 0 Å². The van der Waals surface area contributed by atoms with Crippen LogP contribution in [0.5, 0.6) is 0 Å². The standard InChI is InChI=1S/C59H90N2/c1-4-7-10-13-15-17-19-21-23-26-29-58(54-39-43-56(60)44-40-54)52-35-31-49(32-36-52)47-51(28-25-12-9-6-3)48-50-33-37-53(38-34-50)59(55-41-45-57(61)46-42-55)30-27-24-22-20-18-16-14-11-8-5-2/h31-46,51,58-59H,4-30,47-48,60-61H2,1-3H3. The van der Waals surface area contributed by atoms with Gasteiger partial charge in [-0.2, -0.15) is 0 Å². The van der Waals surface area contributed by atoms with Gasteiger partial charge in [0, 0.05) is 23.2 Å². The molecule has 2 atom stereocenters. The Morgan fingerprint density at radius 3 is 0.852 bits per heavy atom. The molecule has 0 aromatic heterocycles. The highest BCUT2D eigenvalue weighted by atomic mass is 14.5. The van der Waals surface area contributed by atoms with Gasteiger partial charge in [-0.25, -0.2) is 0 Å². The molecule has 2 heteroatoms. The third kappa shape index (κ3) is 20.5. The maximum absolute atomic E-state index is 6.14. The number of hydrogen-bond donors (Lipinski definition) is 2. The minimum absolute atomic E-state index is 0.425. The summed E-state index contributed by atoms with van der Waals surface area (Å²) in [4.78, 5) is 0. The van der Waals surface area contributed by atoms with E-state index in [1.165, 1.54) is 207 Å². The summed E-state index contributed by atoms with van der Waals surface area (Å²) < 4.78 is 0. The van der Waals surface area contributed by atoms with Crippen molar-refractivity contribution < 1.29 is 0 Å². The molecule has 0 aliphatic rings. The maximum atomic E-state index is 6.14. The number of nitrogen functional groups attached to an aromatic ring is 2. The molecule has 336 valence electrons. The van der Waals surface area contributed by atoms with Gasteiger partial charge in [0.15, 0.2) is 0 Å². The molecule has 0 saturated heterocycles. The molecule has 61 heavy (non-hydrogen) atoms. The number of benzene rings is 4. The fourth-order valence-electron chi connectivity index (χ4n) is 9.75. The van der Waals surface area contributed by atoms with Crippen LogP contribution in [0.4, 0.5) is 11.4 Å². The van der Waals surface area contributed by atoms with E-state index in [9.17, 15) is 0 Å². The zero-order valence-corrected chi connectivity index (χ0v) is 39.6. The summed E-state index contributed by atoms with van der Waals surface area (Å²) in [5.41, 5.74) is 22.6. The minimum atomic E-state index is 0.425. The van der Waals surface area contributed by atoms with Gasteiger partial charge in [-0.3, -0.25) is 0 Å². The molecule has 0 aliphatic carbocycles. The normalized spacial score (nSPS) is 13.0. The molecule has 4 aromatic rings. The number of unbranched alkanes of at least 4 members (excludes halogenated alkanes) is 21. The summed E-state index contributed by atoms with van der Waals surface area (Å²) >= 11 is 0. The maximum Gasteiger partial charge on any atom is 0.0314 e. The monoisotopic (exact) mass is 827 g/mol. The Bertz CT molecular complexity index is 1500. The number of rotatable bonds is 35. The molecule has 4 aromatic carbocycles. The van der Waals surface area contributed by atoms with Gasteiger partial charge in [-0.05, 0) is 95.7 Å². The summed E-state index contributed by atoms with van der Waals surface area (Å²) in [7, 11) is 0. The van der Waals surface area contributed by atoms with E-state index >= 15 is 0 Å². The van der Waals surface area contributed by atoms with Crippen LogP contribution < -0.4 is 11.5 Å². The molecule has 2 nitrogen and oxygen atoms in total. The lowest BCUT2D eigenvalue weighted by Gasteiger charge is -2.21. The minimum Gasteiger partial charge on any atom is -0.399 e. The Morgan fingerprint density at radius 2 is 0.541 bits per heavy atom. The fraction of sp³-hybridized carbons (Fsp3) is 0.593. The smallest absolute Gasteiger partial charge is 0.0314 e. The Kier molecular flexibility index (Phi) is 25.8. The Balaban J connectivity index is 1.36. The highest BCUT2D eigenvalue weighted by Gasteiger charge is 2.18. The molecule has 0 spiro atoms. The first-order valence-electron chi connectivity index (χ1n) is 25.9. The zero-order valence-electron chi connectivity index (χ0n) is 39.6. The van der Waals surface area contributed by atoms with E-state index in [2.05, 4.69) is 118 Å². The van der Waals surface area contributed by atoms with Crippen molar-refractivity contribution in [1.29, 1.82) is 0 Å². The van der Waals surface area contributed by atoms with Crippen LogP contribution in [0.2, 0.25) is 0 Å². The van der Waals surface area contributed by atoms with Crippen LogP contribution in [0.1, 0.15) is 239 Å². The predicted octanol–water partition coefficient (Wildman–Crippen LogP) is 18.1. The van der Waals surface area contributed by atoms with E-state index in [1.807, 2.05) is 0 Å². The van der Waals surface area contributed by atoms with Gasteiger partial charge >= 0.3 is 0 Å². The first kappa shape index (κ1) is 50.1. The number of nitrogens with two attached hydrogens (primary N) is 2. The van der Waals surface area contributed by atoms with Crippen molar-refractivity contribution >= 4 is 11.4 Å². The lowest BCUT2D eigenvalue weighted by molar-refractivity contribution is 0.449. The van der Waals surface area contributed by atoms with E-state index < -0.39 is 0 Å². The second-order valence-electron chi connectivity index (χ2n) is 19.0. The molecular weight excluding hydrogens is 737 g/mol. The summed E-state index contributed by atoms with van der Waals surface area (Å²) in [6, 6.07) is 37.0. The van der Waals surface area contributed by atoms with Gasteiger partial charge in [0.05, 0.1) is 0 Å². The van der Waals surface area contributed by atoms with Crippen LogP contribution >= 0.6 is 0 Å². The van der Waals surface area contributed by atoms with Crippen LogP contribution in [-0.4, -0.2) is 0 Å². The quantitative estimate of drug-likeness (QED) is 0.0359. The van der Waals surface area contributed by atoms with Gasteiger partial charge in [0.25, 0.3) is 0 Å². The summed E-state index contributed by atoms with van der Waals surface area (Å²) in [5.74, 6) is 1.50. The average Bonchev–Trinajstić information content (AvgIpc) is 3.28. The van der Waals surface area contributed by atoms with Gasteiger partial charge < -0.3 is 11.5 Å². The van der Waals surface area contributed by atoms with Gasteiger partial charge in [0.2, 0.25) is 0 Å². The first-order chi connectivity index (χ1) is 30.0. The van der Waals surface area contributed by atoms with Crippen LogP contribution in [0.3, 0.4) is 0 Å². The van der Waals surface area contributed by atoms with Crippen molar-refractivity contribution in [3.8, 4) is 0 Å². The molecule has 0 aliphatic heterocycles. The fourth-order valence-corrected chi connectivity index (χ4v) is 9.75. The molecule has 0 bridgehead atoms. The van der Waals surface area contributed by atoms with Gasteiger partial charge in [-0.1, -0.05) is 248 Å². The average molecular weight is 827 g/mol. The van der Waals surface area contributed by atoms with Crippen LogP contribution in [0.25, 0.3) is 0 Å². The molecule has 4 rings (SSSR count). The van der Waals surface area contributed by atoms with Crippen LogP contribution in [0, 0.1) is 5.92 Å². The van der Waals surface area contributed by atoms with Crippen molar-refractivity contribution in [1.82, 2.24) is 0 Å². The Labute approximate surface area is 376 Å². The Morgan fingerprint density at radius 1 is 0.295 bits per heavy atom. The first-order valence-corrected chi connectivity index (χ1v) is 25.9. The third-order valence-electron chi connectivity index (χ3n) is 13.6. The van der Waals surface area contributed by atoms with E-state index in [4.69, 9.17) is 11.5 Å². The highest BCUT2D eigenvalue weighted by molar-refractivity contribution is 5.44. The lowest BCUT2D eigenvalue weighted by Crippen LogP contribution is -2.10. The van der Waals surface area contributed by atoms with Crippen LogP contribution in [0.15, 0.2) is 97.1 Å². The molecule has 0 heterocycles. The Hall–Kier alpha value is -3.52. The second-order valence-corrected chi connectivity index (χ2v) is 19.0. The molecule has 4 N–H and O–H groups in total.